The molecule has 1 N–H and O–H groups in total. The van der Waals surface area contributed by atoms with Crippen LogP contribution in [0.3, 0.4) is 0 Å². The monoisotopic (exact) mass is 352 g/mol. The lowest BCUT2D eigenvalue weighted by molar-refractivity contribution is -0.121. The lowest BCUT2D eigenvalue weighted by atomic mass is 9.97. The third-order valence-electron chi connectivity index (χ3n) is 4.57. The molecule has 0 saturated carbocycles. The number of hydrogen-bond acceptors (Lipinski definition) is 3. The largest absolute Gasteiger partial charge is 0.445 e. The van der Waals surface area contributed by atoms with E-state index in [2.05, 4.69) is 5.32 Å². The number of benzene rings is 2. The van der Waals surface area contributed by atoms with Crippen molar-refractivity contribution in [2.75, 3.05) is 18.4 Å². The fraction of sp³-hybridized carbons (Fsp3) is 0.333. The normalized spacial score (nSPS) is 16.8. The van der Waals surface area contributed by atoms with Gasteiger partial charge < -0.3 is 15.0 Å². The Bertz CT molecular complexity index is 744. The van der Waals surface area contributed by atoms with Crippen molar-refractivity contribution in [2.45, 2.75) is 26.4 Å². The van der Waals surface area contributed by atoms with Crippen LogP contribution in [0.15, 0.2) is 54.6 Å². The molecule has 0 radical (unpaired) electrons. The van der Waals surface area contributed by atoms with Crippen molar-refractivity contribution in [3.05, 3.63) is 65.7 Å². The van der Waals surface area contributed by atoms with E-state index in [0.29, 0.717) is 13.1 Å². The molecule has 136 valence electrons. The van der Waals surface area contributed by atoms with Crippen LogP contribution in [-0.4, -0.2) is 30.0 Å². The highest BCUT2D eigenvalue weighted by atomic mass is 16.6. The predicted molar refractivity (Wildman–Crippen MR) is 101 cm³/mol. The molecule has 1 fully saturated rings. The van der Waals surface area contributed by atoms with Crippen LogP contribution >= 0.6 is 0 Å². The zero-order chi connectivity index (χ0) is 18.4. The van der Waals surface area contributed by atoms with Crippen LogP contribution < -0.4 is 5.32 Å². The maximum Gasteiger partial charge on any atom is 0.410 e. The highest BCUT2D eigenvalue weighted by molar-refractivity contribution is 5.93. The van der Waals surface area contributed by atoms with Crippen LogP contribution in [0.2, 0.25) is 0 Å². The van der Waals surface area contributed by atoms with E-state index >= 15 is 0 Å². The average Bonchev–Trinajstić information content (AvgIpc) is 2.69. The maximum atomic E-state index is 12.5. The SMILES string of the molecule is Cc1ccc(NC(=O)[C@H]2CCCN(C(=O)OCc3ccccc3)C2)cc1. The van der Waals surface area contributed by atoms with Gasteiger partial charge in [0.2, 0.25) is 5.91 Å². The van der Waals surface area contributed by atoms with Gasteiger partial charge in [0.05, 0.1) is 5.92 Å². The molecule has 0 aromatic heterocycles. The maximum absolute atomic E-state index is 12.5. The standard InChI is InChI=1S/C21H24N2O3/c1-16-9-11-19(12-10-16)22-20(24)18-8-5-13-23(14-18)21(25)26-15-17-6-3-2-4-7-17/h2-4,6-7,9-12,18H,5,8,13-15H2,1H3,(H,22,24)/t18-/m0/s1. The highest BCUT2D eigenvalue weighted by Crippen LogP contribution is 2.20. The van der Waals surface area contributed by atoms with E-state index in [1.165, 1.54) is 0 Å². The van der Waals surface area contributed by atoms with Gasteiger partial charge >= 0.3 is 6.09 Å². The Morgan fingerprint density at radius 3 is 2.58 bits per heavy atom. The summed E-state index contributed by atoms with van der Waals surface area (Å²) in [4.78, 5) is 26.4. The number of carbonyl (C=O) groups is 2. The fourth-order valence-corrected chi connectivity index (χ4v) is 3.05. The number of hydrogen-bond donors (Lipinski definition) is 1. The van der Waals surface area contributed by atoms with Crippen LogP contribution in [0.1, 0.15) is 24.0 Å². The van der Waals surface area contributed by atoms with Gasteiger partial charge in [-0.15, -0.1) is 0 Å². The number of nitrogens with zero attached hydrogens (tertiary/aromatic N) is 1. The Labute approximate surface area is 154 Å². The van der Waals surface area contributed by atoms with Crippen LogP contribution in [0, 0.1) is 12.8 Å². The van der Waals surface area contributed by atoms with Gasteiger partial charge in [-0.3, -0.25) is 4.79 Å². The molecule has 2 aromatic rings. The predicted octanol–water partition coefficient (Wildman–Crippen LogP) is 3.98. The summed E-state index contributed by atoms with van der Waals surface area (Å²) in [5, 5.41) is 2.94. The van der Waals surface area contributed by atoms with Crippen LogP contribution in [0.5, 0.6) is 0 Å². The molecule has 0 bridgehead atoms. The van der Waals surface area contributed by atoms with Crippen molar-refractivity contribution >= 4 is 17.7 Å². The Kier molecular flexibility index (Phi) is 5.89. The van der Waals surface area contributed by atoms with Gasteiger partial charge in [0.1, 0.15) is 6.61 Å². The summed E-state index contributed by atoms with van der Waals surface area (Å²) in [5.74, 6) is -0.260. The van der Waals surface area contributed by atoms with Crippen molar-refractivity contribution in [1.82, 2.24) is 4.90 Å². The van der Waals surface area contributed by atoms with E-state index in [9.17, 15) is 9.59 Å². The molecular weight excluding hydrogens is 328 g/mol. The van der Waals surface area contributed by atoms with Crippen LogP contribution in [0.25, 0.3) is 0 Å². The van der Waals surface area contributed by atoms with E-state index < -0.39 is 0 Å². The molecular formula is C21H24N2O3. The number of rotatable bonds is 4. The molecule has 1 saturated heterocycles. The van der Waals surface area contributed by atoms with Gasteiger partial charge in [-0.1, -0.05) is 48.0 Å². The number of likely N-dealkylation sites (tertiary alicyclic amines) is 1. The van der Waals surface area contributed by atoms with Gasteiger partial charge in [-0.05, 0) is 37.5 Å². The molecule has 0 spiro atoms. The Hall–Kier alpha value is -2.82. The first-order chi connectivity index (χ1) is 12.6. The lowest BCUT2D eigenvalue weighted by Gasteiger charge is -2.31. The summed E-state index contributed by atoms with van der Waals surface area (Å²) >= 11 is 0. The van der Waals surface area contributed by atoms with E-state index in [1.807, 2.05) is 61.5 Å². The molecule has 2 amide bonds. The van der Waals surface area contributed by atoms with E-state index in [0.717, 1.165) is 29.7 Å². The van der Waals surface area contributed by atoms with Crippen LogP contribution in [-0.2, 0) is 16.1 Å². The molecule has 3 rings (SSSR count). The summed E-state index contributed by atoms with van der Waals surface area (Å²) < 4.78 is 5.38. The molecule has 5 nitrogen and oxygen atoms in total. The summed E-state index contributed by atoms with van der Waals surface area (Å²) in [6.45, 7) is 3.27. The summed E-state index contributed by atoms with van der Waals surface area (Å²) in [6, 6.07) is 17.3. The number of carbonyl (C=O) groups excluding carboxylic acids is 2. The minimum Gasteiger partial charge on any atom is -0.445 e. The summed E-state index contributed by atoms with van der Waals surface area (Å²) in [5.41, 5.74) is 2.88. The van der Waals surface area contributed by atoms with Crippen molar-refractivity contribution in [3.63, 3.8) is 0 Å². The molecule has 5 heteroatoms. The molecule has 2 aromatic carbocycles. The Morgan fingerprint density at radius 1 is 1.12 bits per heavy atom. The van der Waals surface area contributed by atoms with Crippen molar-refractivity contribution in [3.8, 4) is 0 Å². The zero-order valence-corrected chi connectivity index (χ0v) is 15.0. The number of amides is 2. The lowest BCUT2D eigenvalue weighted by Crippen LogP contribution is -2.44. The van der Waals surface area contributed by atoms with E-state index in [1.54, 1.807) is 4.90 Å². The average molecular weight is 352 g/mol. The van der Waals surface area contributed by atoms with Gasteiger partial charge in [-0.2, -0.15) is 0 Å². The molecule has 0 aliphatic carbocycles. The number of anilines is 1. The quantitative estimate of drug-likeness (QED) is 0.905. The molecule has 1 aliphatic rings. The number of aryl methyl sites for hydroxylation is 1. The van der Waals surface area contributed by atoms with Gasteiger partial charge in [0.15, 0.2) is 0 Å². The van der Waals surface area contributed by atoms with Gasteiger partial charge in [0.25, 0.3) is 0 Å². The number of nitrogens with one attached hydrogen (secondary N) is 1. The smallest absolute Gasteiger partial charge is 0.410 e. The molecule has 26 heavy (non-hydrogen) atoms. The zero-order valence-electron chi connectivity index (χ0n) is 15.0. The van der Waals surface area contributed by atoms with E-state index in [4.69, 9.17) is 4.74 Å². The minimum atomic E-state index is -0.360. The second kappa shape index (κ2) is 8.52. The first-order valence-corrected chi connectivity index (χ1v) is 8.95. The molecule has 1 heterocycles. The number of ether oxygens (including phenoxy) is 1. The third-order valence-corrected chi connectivity index (χ3v) is 4.57. The van der Waals surface area contributed by atoms with Gasteiger partial charge in [0, 0.05) is 18.8 Å². The topological polar surface area (TPSA) is 58.6 Å². The second-order valence-corrected chi connectivity index (χ2v) is 6.68. The van der Waals surface area contributed by atoms with Gasteiger partial charge in [-0.25, -0.2) is 4.79 Å². The molecule has 1 atom stereocenters. The Balaban J connectivity index is 1.52. The number of piperidine rings is 1. The fourth-order valence-electron chi connectivity index (χ4n) is 3.05. The summed E-state index contributed by atoms with van der Waals surface area (Å²) in [6.07, 6.45) is 1.22. The Morgan fingerprint density at radius 2 is 1.85 bits per heavy atom. The summed E-state index contributed by atoms with van der Waals surface area (Å²) in [7, 11) is 0. The third kappa shape index (κ3) is 4.85. The van der Waals surface area contributed by atoms with Crippen molar-refractivity contribution in [1.29, 1.82) is 0 Å². The second-order valence-electron chi connectivity index (χ2n) is 6.68. The molecule has 0 unspecified atom stereocenters. The first-order valence-electron chi connectivity index (χ1n) is 8.95. The van der Waals surface area contributed by atoms with E-state index in [-0.39, 0.29) is 24.5 Å². The highest BCUT2D eigenvalue weighted by Gasteiger charge is 2.29. The first kappa shape index (κ1) is 18.0. The minimum absolute atomic E-state index is 0.0468. The van der Waals surface area contributed by atoms with Crippen molar-refractivity contribution < 1.29 is 14.3 Å². The van der Waals surface area contributed by atoms with Crippen LogP contribution in [0.4, 0.5) is 10.5 Å². The van der Waals surface area contributed by atoms with Crippen molar-refractivity contribution in [2.24, 2.45) is 5.92 Å². The molecule has 1 aliphatic heterocycles.